The molecule has 0 aromatic heterocycles. The van der Waals surface area contributed by atoms with Crippen LogP contribution in [0.15, 0.2) is 18.2 Å². The van der Waals surface area contributed by atoms with Crippen molar-refractivity contribution in [3.8, 4) is 5.75 Å². The van der Waals surface area contributed by atoms with Crippen LogP contribution in [0.25, 0.3) is 0 Å². The second kappa shape index (κ2) is 6.38. The molecule has 0 aliphatic heterocycles. The van der Waals surface area contributed by atoms with Crippen molar-refractivity contribution in [2.24, 2.45) is 5.41 Å². The van der Waals surface area contributed by atoms with E-state index < -0.39 is 27.7 Å². The lowest BCUT2D eigenvalue weighted by Gasteiger charge is -2.18. The minimum absolute atomic E-state index is 0.290. The lowest BCUT2D eigenvalue weighted by molar-refractivity contribution is -0.158. The SMILES string of the molecule is COc1ccc(Cl)cc1NC(=O)[C@@H](C)OC(=O)[C@]1(C)CC1(Cl)Cl. The molecule has 1 saturated carbocycles. The van der Waals surface area contributed by atoms with Gasteiger partial charge in [0.1, 0.15) is 15.5 Å². The van der Waals surface area contributed by atoms with E-state index in [1.54, 1.807) is 19.1 Å². The maximum Gasteiger partial charge on any atom is 0.315 e. The number of esters is 1. The first-order valence-corrected chi connectivity index (χ1v) is 7.97. The van der Waals surface area contributed by atoms with Crippen molar-refractivity contribution in [3.05, 3.63) is 23.2 Å². The number of ether oxygens (including phenoxy) is 2. The van der Waals surface area contributed by atoms with Crippen LogP contribution < -0.4 is 10.1 Å². The van der Waals surface area contributed by atoms with Crippen LogP contribution in [0.2, 0.25) is 5.02 Å². The van der Waals surface area contributed by atoms with Crippen LogP contribution >= 0.6 is 34.8 Å². The fourth-order valence-electron chi connectivity index (χ4n) is 1.98. The molecule has 1 amide bonds. The standard InChI is InChI=1S/C15H16Cl3NO4/c1-8(23-13(21)14(2)7-15(14,17)18)12(20)19-10-6-9(16)4-5-11(10)22-3/h4-6,8H,7H2,1-3H3,(H,19,20)/t8-,14+/m1/s1. The van der Waals surface area contributed by atoms with Crippen LogP contribution in [-0.4, -0.2) is 29.4 Å². The van der Waals surface area contributed by atoms with Gasteiger partial charge in [0.2, 0.25) is 0 Å². The van der Waals surface area contributed by atoms with E-state index >= 15 is 0 Å². The Labute approximate surface area is 149 Å². The zero-order chi connectivity index (χ0) is 17.4. The number of amides is 1. The number of alkyl halides is 2. The van der Waals surface area contributed by atoms with Gasteiger partial charge in [0.25, 0.3) is 5.91 Å². The molecule has 2 atom stereocenters. The average molecular weight is 381 g/mol. The molecule has 126 valence electrons. The van der Waals surface area contributed by atoms with E-state index in [-0.39, 0.29) is 0 Å². The number of nitrogens with one attached hydrogen (secondary N) is 1. The maximum absolute atomic E-state index is 12.2. The van der Waals surface area contributed by atoms with Crippen molar-refractivity contribution in [1.82, 2.24) is 0 Å². The van der Waals surface area contributed by atoms with E-state index in [1.165, 1.54) is 20.1 Å². The van der Waals surface area contributed by atoms with Crippen molar-refractivity contribution in [3.63, 3.8) is 0 Å². The Bertz CT molecular complexity index is 650. The maximum atomic E-state index is 12.2. The lowest BCUT2D eigenvalue weighted by Crippen LogP contribution is -2.33. The summed E-state index contributed by atoms with van der Waals surface area (Å²) >= 11 is 17.8. The monoisotopic (exact) mass is 379 g/mol. The molecule has 0 radical (unpaired) electrons. The van der Waals surface area contributed by atoms with Gasteiger partial charge in [0, 0.05) is 11.4 Å². The molecule has 1 aromatic carbocycles. The van der Waals surface area contributed by atoms with E-state index in [2.05, 4.69) is 5.32 Å². The number of methoxy groups -OCH3 is 1. The van der Waals surface area contributed by atoms with Crippen molar-refractivity contribution >= 4 is 52.4 Å². The highest BCUT2D eigenvalue weighted by molar-refractivity contribution is 6.53. The Balaban J connectivity index is 2.01. The predicted octanol–water partition coefficient (Wildman–Crippen LogP) is 3.80. The lowest BCUT2D eigenvalue weighted by atomic mass is 10.1. The molecule has 1 N–H and O–H groups in total. The summed E-state index contributed by atoms with van der Waals surface area (Å²) in [5.74, 6) is -0.683. The highest BCUT2D eigenvalue weighted by Gasteiger charge is 2.69. The van der Waals surface area contributed by atoms with Crippen LogP contribution in [0.1, 0.15) is 20.3 Å². The van der Waals surface area contributed by atoms with Gasteiger partial charge in [-0.05, 0) is 32.0 Å². The van der Waals surface area contributed by atoms with E-state index in [4.69, 9.17) is 44.3 Å². The van der Waals surface area contributed by atoms with Crippen LogP contribution in [0.5, 0.6) is 5.75 Å². The van der Waals surface area contributed by atoms with Crippen LogP contribution in [0, 0.1) is 5.41 Å². The Morgan fingerprint density at radius 3 is 2.48 bits per heavy atom. The Hall–Kier alpha value is -1.17. The Morgan fingerprint density at radius 2 is 1.96 bits per heavy atom. The molecule has 0 bridgehead atoms. The summed E-state index contributed by atoms with van der Waals surface area (Å²) in [6.07, 6.45) is -0.731. The number of carbonyl (C=O) groups is 2. The molecule has 8 heteroatoms. The fraction of sp³-hybridized carbons (Fsp3) is 0.467. The number of halogens is 3. The summed E-state index contributed by atoms with van der Waals surface area (Å²) in [5, 5.41) is 3.04. The Kier molecular flexibility index (Phi) is 5.04. The van der Waals surface area contributed by atoms with E-state index in [9.17, 15) is 9.59 Å². The smallest absolute Gasteiger partial charge is 0.315 e. The second-order valence-electron chi connectivity index (χ2n) is 5.59. The molecule has 0 heterocycles. The largest absolute Gasteiger partial charge is 0.495 e. The zero-order valence-corrected chi connectivity index (χ0v) is 15.1. The summed E-state index contributed by atoms with van der Waals surface area (Å²) in [7, 11) is 1.47. The first kappa shape index (κ1) is 18.2. The highest BCUT2D eigenvalue weighted by atomic mass is 35.5. The molecule has 2 rings (SSSR count). The third-order valence-corrected chi connectivity index (χ3v) is 5.12. The van der Waals surface area contributed by atoms with Crippen molar-refractivity contribution in [2.45, 2.75) is 30.7 Å². The first-order valence-electron chi connectivity index (χ1n) is 6.84. The summed E-state index contributed by atoms with van der Waals surface area (Å²) in [6.45, 7) is 3.06. The van der Waals surface area contributed by atoms with Crippen molar-refractivity contribution in [2.75, 3.05) is 12.4 Å². The van der Waals surface area contributed by atoms with Crippen molar-refractivity contribution in [1.29, 1.82) is 0 Å². The highest BCUT2D eigenvalue weighted by Crippen LogP contribution is 2.64. The first-order chi connectivity index (χ1) is 10.6. The molecule has 0 saturated heterocycles. The van der Waals surface area contributed by atoms with Gasteiger partial charge in [-0.2, -0.15) is 0 Å². The number of anilines is 1. The summed E-state index contributed by atoms with van der Waals surface area (Å²) in [6, 6.07) is 4.79. The van der Waals surface area contributed by atoms with Crippen LogP contribution in [0.3, 0.4) is 0 Å². The van der Waals surface area contributed by atoms with Gasteiger partial charge in [-0.25, -0.2) is 0 Å². The molecule has 5 nitrogen and oxygen atoms in total. The molecular formula is C15H16Cl3NO4. The zero-order valence-electron chi connectivity index (χ0n) is 12.8. The predicted molar refractivity (Wildman–Crippen MR) is 89.3 cm³/mol. The summed E-state index contributed by atoms with van der Waals surface area (Å²) < 4.78 is 9.15. The molecule has 1 fully saturated rings. The van der Waals surface area contributed by atoms with Gasteiger partial charge < -0.3 is 14.8 Å². The molecule has 1 aliphatic rings. The summed E-state index contributed by atoms with van der Waals surface area (Å²) in [5.41, 5.74) is -0.604. The normalized spacial score (nSPS) is 22.9. The van der Waals surface area contributed by atoms with E-state index in [0.717, 1.165) is 0 Å². The minimum atomic E-state index is -1.14. The molecule has 1 aliphatic carbocycles. The molecule has 1 aromatic rings. The van der Waals surface area contributed by atoms with Gasteiger partial charge in [0.15, 0.2) is 6.10 Å². The van der Waals surface area contributed by atoms with Gasteiger partial charge in [-0.1, -0.05) is 11.6 Å². The van der Waals surface area contributed by atoms with Gasteiger partial charge >= 0.3 is 5.97 Å². The van der Waals surface area contributed by atoms with Gasteiger partial charge in [-0.3, -0.25) is 9.59 Å². The quantitative estimate of drug-likeness (QED) is 0.623. The van der Waals surface area contributed by atoms with Crippen LogP contribution in [-0.2, 0) is 14.3 Å². The molecule has 0 spiro atoms. The number of carbonyl (C=O) groups excluding carboxylic acids is 2. The number of hydrogen-bond donors (Lipinski definition) is 1. The average Bonchev–Trinajstić information content (AvgIpc) is 2.99. The third kappa shape index (κ3) is 3.67. The fourth-order valence-corrected chi connectivity index (χ4v) is 2.84. The second-order valence-corrected chi connectivity index (χ2v) is 7.52. The minimum Gasteiger partial charge on any atom is -0.495 e. The van der Waals surface area contributed by atoms with Gasteiger partial charge in [-0.15, -0.1) is 23.2 Å². The molecule has 23 heavy (non-hydrogen) atoms. The van der Waals surface area contributed by atoms with E-state index in [0.29, 0.717) is 22.9 Å². The van der Waals surface area contributed by atoms with Gasteiger partial charge in [0.05, 0.1) is 12.8 Å². The number of benzene rings is 1. The number of hydrogen-bond acceptors (Lipinski definition) is 4. The van der Waals surface area contributed by atoms with Crippen molar-refractivity contribution < 1.29 is 19.1 Å². The van der Waals surface area contributed by atoms with E-state index in [1.807, 2.05) is 0 Å². The molecule has 0 unspecified atom stereocenters. The van der Waals surface area contributed by atoms with Crippen LogP contribution in [0.4, 0.5) is 5.69 Å². The number of rotatable bonds is 5. The molecular weight excluding hydrogens is 365 g/mol. The topological polar surface area (TPSA) is 64.6 Å². The summed E-state index contributed by atoms with van der Waals surface area (Å²) in [4.78, 5) is 24.3. The Morgan fingerprint density at radius 1 is 1.35 bits per heavy atom. The third-order valence-electron chi connectivity index (χ3n) is 3.78.